The molecule has 0 fully saturated rings. The van der Waals surface area contributed by atoms with Crippen molar-refractivity contribution in [3.8, 4) is 0 Å². The third-order valence-corrected chi connectivity index (χ3v) is 3.98. The molecule has 2 aromatic rings. The predicted molar refractivity (Wildman–Crippen MR) is 78.1 cm³/mol. The first-order chi connectivity index (χ1) is 8.72. The largest absolute Gasteiger partial charge is 0.388 e. The molecule has 0 aromatic heterocycles. The minimum Gasteiger partial charge on any atom is -0.388 e. The second-order valence-electron chi connectivity index (χ2n) is 4.39. The number of benzene rings is 2. The molecule has 1 N–H and O–H groups in total. The van der Waals surface area contributed by atoms with Crippen LogP contribution in [0.3, 0.4) is 0 Å². The average Bonchev–Trinajstić information content (AvgIpc) is 2.41. The van der Waals surface area contributed by atoms with Gasteiger partial charge in [0.1, 0.15) is 0 Å². The molecule has 18 heavy (non-hydrogen) atoms. The standard InChI is InChI=1S/C16H18OS/c1-12-7-3-4-8-13(12)11-15(17)14-9-5-6-10-16(14)18-2/h3-10,15,17H,11H2,1-2H3. The van der Waals surface area contributed by atoms with E-state index < -0.39 is 6.10 Å². The molecule has 1 nitrogen and oxygen atoms in total. The third-order valence-electron chi connectivity index (χ3n) is 3.17. The summed E-state index contributed by atoms with van der Waals surface area (Å²) in [5, 5.41) is 10.4. The highest BCUT2D eigenvalue weighted by Gasteiger charge is 2.13. The van der Waals surface area contributed by atoms with Gasteiger partial charge in [0.05, 0.1) is 6.10 Å². The molecular weight excluding hydrogens is 240 g/mol. The molecule has 1 unspecified atom stereocenters. The van der Waals surface area contributed by atoms with E-state index in [9.17, 15) is 5.11 Å². The molecule has 0 spiro atoms. The van der Waals surface area contributed by atoms with Crippen molar-refractivity contribution in [1.29, 1.82) is 0 Å². The average molecular weight is 258 g/mol. The van der Waals surface area contributed by atoms with Gasteiger partial charge in [-0.3, -0.25) is 0 Å². The molecule has 0 saturated heterocycles. The van der Waals surface area contributed by atoms with E-state index in [2.05, 4.69) is 25.1 Å². The monoisotopic (exact) mass is 258 g/mol. The Hall–Kier alpha value is -1.25. The molecule has 0 aliphatic carbocycles. The molecule has 0 aliphatic rings. The van der Waals surface area contributed by atoms with Crippen molar-refractivity contribution >= 4 is 11.8 Å². The van der Waals surface area contributed by atoms with E-state index in [1.165, 1.54) is 11.1 Å². The van der Waals surface area contributed by atoms with Gasteiger partial charge in [-0.25, -0.2) is 0 Å². The smallest absolute Gasteiger partial charge is 0.0841 e. The van der Waals surface area contributed by atoms with E-state index >= 15 is 0 Å². The van der Waals surface area contributed by atoms with Crippen molar-refractivity contribution < 1.29 is 5.11 Å². The maximum Gasteiger partial charge on any atom is 0.0841 e. The summed E-state index contributed by atoms with van der Waals surface area (Å²) in [5.41, 5.74) is 3.47. The second kappa shape index (κ2) is 6.07. The molecule has 0 bridgehead atoms. The molecule has 0 saturated carbocycles. The van der Waals surface area contributed by atoms with Crippen LogP contribution in [0.5, 0.6) is 0 Å². The highest BCUT2D eigenvalue weighted by Crippen LogP contribution is 2.28. The van der Waals surface area contributed by atoms with Crippen LogP contribution in [0.15, 0.2) is 53.4 Å². The van der Waals surface area contributed by atoms with Gasteiger partial charge in [0, 0.05) is 11.3 Å². The quantitative estimate of drug-likeness (QED) is 0.837. The summed E-state index contributed by atoms with van der Waals surface area (Å²) in [7, 11) is 0. The van der Waals surface area contributed by atoms with Crippen molar-refractivity contribution in [1.82, 2.24) is 0 Å². The second-order valence-corrected chi connectivity index (χ2v) is 5.24. The first kappa shape index (κ1) is 13.2. The van der Waals surface area contributed by atoms with Gasteiger partial charge >= 0.3 is 0 Å². The van der Waals surface area contributed by atoms with E-state index in [1.807, 2.05) is 36.6 Å². The molecule has 1 atom stereocenters. The van der Waals surface area contributed by atoms with Gasteiger partial charge in [-0.1, -0.05) is 42.5 Å². The Morgan fingerprint density at radius 2 is 1.72 bits per heavy atom. The summed E-state index contributed by atoms with van der Waals surface area (Å²) in [6, 6.07) is 16.3. The summed E-state index contributed by atoms with van der Waals surface area (Å²) in [5.74, 6) is 0. The van der Waals surface area contributed by atoms with Crippen molar-refractivity contribution in [2.45, 2.75) is 24.3 Å². The number of hydrogen-bond acceptors (Lipinski definition) is 2. The highest BCUT2D eigenvalue weighted by molar-refractivity contribution is 7.98. The summed E-state index contributed by atoms with van der Waals surface area (Å²) >= 11 is 1.68. The fourth-order valence-electron chi connectivity index (χ4n) is 2.10. The molecule has 0 amide bonds. The number of aliphatic hydroxyl groups excluding tert-OH is 1. The van der Waals surface area contributed by atoms with Gasteiger partial charge in [0.2, 0.25) is 0 Å². The summed E-state index contributed by atoms with van der Waals surface area (Å²) in [6.07, 6.45) is 2.28. The van der Waals surface area contributed by atoms with Crippen LogP contribution >= 0.6 is 11.8 Å². The van der Waals surface area contributed by atoms with Crippen LogP contribution in [0.2, 0.25) is 0 Å². The molecule has 2 aromatic carbocycles. The number of rotatable bonds is 4. The summed E-state index contributed by atoms with van der Waals surface area (Å²) < 4.78 is 0. The number of thioether (sulfide) groups is 1. The van der Waals surface area contributed by atoms with Crippen molar-refractivity contribution in [3.05, 3.63) is 65.2 Å². The minimum atomic E-state index is -0.435. The molecule has 2 heteroatoms. The SMILES string of the molecule is CSc1ccccc1C(O)Cc1ccccc1C. The lowest BCUT2D eigenvalue weighted by atomic mass is 9.98. The van der Waals surface area contributed by atoms with Crippen LogP contribution in [-0.2, 0) is 6.42 Å². The first-order valence-electron chi connectivity index (χ1n) is 6.08. The van der Waals surface area contributed by atoms with Crippen molar-refractivity contribution in [2.24, 2.45) is 0 Å². The van der Waals surface area contributed by atoms with E-state index in [0.29, 0.717) is 6.42 Å². The van der Waals surface area contributed by atoms with E-state index in [-0.39, 0.29) is 0 Å². The van der Waals surface area contributed by atoms with Gasteiger partial charge < -0.3 is 5.11 Å². The van der Waals surface area contributed by atoms with Crippen LogP contribution in [-0.4, -0.2) is 11.4 Å². The summed E-state index contributed by atoms with van der Waals surface area (Å²) in [6.45, 7) is 2.09. The number of aliphatic hydroxyl groups is 1. The van der Waals surface area contributed by atoms with Crippen molar-refractivity contribution in [3.63, 3.8) is 0 Å². The van der Waals surface area contributed by atoms with Gasteiger partial charge in [0.15, 0.2) is 0 Å². The van der Waals surface area contributed by atoms with E-state index in [0.717, 1.165) is 10.5 Å². The summed E-state index contributed by atoms with van der Waals surface area (Å²) in [4.78, 5) is 1.15. The normalized spacial score (nSPS) is 12.4. The van der Waals surface area contributed by atoms with Crippen LogP contribution in [0, 0.1) is 6.92 Å². The van der Waals surface area contributed by atoms with E-state index in [1.54, 1.807) is 11.8 Å². The number of hydrogen-bond donors (Lipinski definition) is 1. The van der Waals surface area contributed by atoms with Crippen LogP contribution in [0.1, 0.15) is 22.8 Å². The van der Waals surface area contributed by atoms with Gasteiger partial charge in [-0.05, 0) is 35.9 Å². The lowest BCUT2D eigenvalue weighted by Crippen LogP contribution is -2.04. The van der Waals surface area contributed by atoms with Gasteiger partial charge in [-0.2, -0.15) is 0 Å². The van der Waals surface area contributed by atoms with E-state index in [4.69, 9.17) is 0 Å². The maximum absolute atomic E-state index is 10.4. The zero-order valence-electron chi connectivity index (χ0n) is 10.8. The Bertz CT molecular complexity index is 522. The zero-order valence-corrected chi connectivity index (χ0v) is 11.6. The maximum atomic E-state index is 10.4. The Labute approximate surface area is 113 Å². The Balaban J connectivity index is 2.22. The van der Waals surface area contributed by atoms with Crippen LogP contribution in [0.25, 0.3) is 0 Å². The first-order valence-corrected chi connectivity index (χ1v) is 7.30. The predicted octanol–water partition coefficient (Wildman–Crippen LogP) is 3.99. The molecular formula is C16H18OS. The highest BCUT2D eigenvalue weighted by atomic mass is 32.2. The third kappa shape index (κ3) is 2.95. The number of aryl methyl sites for hydroxylation is 1. The topological polar surface area (TPSA) is 20.2 Å². The van der Waals surface area contributed by atoms with Crippen molar-refractivity contribution in [2.75, 3.05) is 6.26 Å². The lowest BCUT2D eigenvalue weighted by molar-refractivity contribution is 0.175. The fraction of sp³-hybridized carbons (Fsp3) is 0.250. The molecule has 0 aliphatic heterocycles. The lowest BCUT2D eigenvalue weighted by Gasteiger charge is -2.15. The fourth-order valence-corrected chi connectivity index (χ4v) is 2.75. The zero-order chi connectivity index (χ0) is 13.0. The Morgan fingerprint density at radius 1 is 1.06 bits per heavy atom. The van der Waals surface area contributed by atoms with Gasteiger partial charge in [0.25, 0.3) is 0 Å². The minimum absolute atomic E-state index is 0.435. The Kier molecular flexibility index (Phi) is 4.45. The molecule has 2 rings (SSSR count). The molecule has 0 radical (unpaired) electrons. The Morgan fingerprint density at radius 3 is 2.44 bits per heavy atom. The van der Waals surface area contributed by atoms with Crippen LogP contribution in [0.4, 0.5) is 0 Å². The molecule has 94 valence electrons. The molecule has 0 heterocycles. The van der Waals surface area contributed by atoms with Crippen LogP contribution < -0.4 is 0 Å². The van der Waals surface area contributed by atoms with Gasteiger partial charge in [-0.15, -0.1) is 11.8 Å².